The number of amides is 2. The first kappa shape index (κ1) is 25.3. The Kier molecular flexibility index (Phi) is 8.36. The van der Waals surface area contributed by atoms with E-state index in [0.717, 1.165) is 17.8 Å². The van der Waals surface area contributed by atoms with E-state index in [4.69, 9.17) is 4.74 Å². The van der Waals surface area contributed by atoms with Gasteiger partial charge in [-0.3, -0.25) is 4.79 Å². The van der Waals surface area contributed by atoms with Crippen molar-refractivity contribution in [3.63, 3.8) is 0 Å². The molecule has 1 aromatic carbocycles. The minimum absolute atomic E-state index is 0.107. The normalized spacial score (nSPS) is 15.6. The van der Waals surface area contributed by atoms with Crippen molar-refractivity contribution >= 4 is 17.8 Å². The first-order valence-electron chi connectivity index (χ1n) is 11.2. The van der Waals surface area contributed by atoms with E-state index in [9.17, 15) is 22.8 Å². The van der Waals surface area contributed by atoms with Crippen molar-refractivity contribution in [2.24, 2.45) is 5.92 Å². The van der Waals surface area contributed by atoms with Gasteiger partial charge < -0.3 is 20.3 Å². The van der Waals surface area contributed by atoms with Crippen molar-refractivity contribution in [3.8, 4) is 0 Å². The second kappa shape index (κ2) is 11.2. The molecule has 2 N–H and O–H groups in total. The van der Waals surface area contributed by atoms with Crippen molar-refractivity contribution in [1.82, 2.24) is 15.6 Å². The molecule has 0 saturated carbocycles. The highest BCUT2D eigenvalue weighted by atomic mass is 19.4. The molecule has 184 valence electrons. The third-order valence-corrected chi connectivity index (χ3v) is 5.68. The van der Waals surface area contributed by atoms with Crippen LogP contribution in [0.2, 0.25) is 0 Å². The molecular weight excluding hydrogens is 449 g/mol. The molecule has 3 rings (SSSR count). The van der Waals surface area contributed by atoms with Crippen molar-refractivity contribution < 1.29 is 27.5 Å². The predicted molar refractivity (Wildman–Crippen MR) is 121 cm³/mol. The number of hydrogen-bond donors (Lipinski definition) is 2. The molecule has 0 unspecified atom stereocenters. The number of rotatable bonds is 7. The Hall–Kier alpha value is -3.30. The van der Waals surface area contributed by atoms with Crippen molar-refractivity contribution in [2.45, 2.75) is 51.6 Å². The fourth-order valence-corrected chi connectivity index (χ4v) is 3.71. The Balaban J connectivity index is 1.47. The lowest BCUT2D eigenvalue weighted by atomic mass is 10.0. The summed E-state index contributed by atoms with van der Waals surface area (Å²) in [5.74, 6) is 0.0270. The second-order valence-electron chi connectivity index (χ2n) is 8.60. The van der Waals surface area contributed by atoms with Gasteiger partial charge in [-0.1, -0.05) is 44.2 Å². The van der Waals surface area contributed by atoms with Crippen LogP contribution in [0.4, 0.5) is 23.8 Å². The van der Waals surface area contributed by atoms with Gasteiger partial charge in [-0.25, -0.2) is 9.78 Å². The van der Waals surface area contributed by atoms with Crippen LogP contribution >= 0.6 is 0 Å². The van der Waals surface area contributed by atoms with Crippen LogP contribution in [0.1, 0.15) is 37.8 Å². The van der Waals surface area contributed by atoms with Gasteiger partial charge in [0.25, 0.3) is 0 Å². The topological polar surface area (TPSA) is 83.6 Å². The average Bonchev–Trinajstić information content (AvgIpc) is 2.81. The Morgan fingerprint density at radius 1 is 1.12 bits per heavy atom. The molecular formula is C24H29F3N4O3. The molecule has 0 aliphatic carbocycles. The smallest absolute Gasteiger partial charge is 0.417 e. The molecule has 1 atom stereocenters. The lowest BCUT2D eigenvalue weighted by molar-refractivity contribution is -0.137. The SMILES string of the molecule is CC(C)[C@H](NC(=O)OCc1ccccc1)C(=O)NC1CCN(c2ccc(C(F)(F)F)cn2)CC1. The predicted octanol–water partition coefficient (Wildman–Crippen LogP) is 4.14. The van der Waals surface area contributed by atoms with Crippen LogP contribution in [0.5, 0.6) is 0 Å². The molecule has 1 fully saturated rings. The van der Waals surface area contributed by atoms with Gasteiger partial charge in [-0.2, -0.15) is 13.2 Å². The molecule has 7 nitrogen and oxygen atoms in total. The van der Waals surface area contributed by atoms with Gasteiger partial charge in [0, 0.05) is 25.3 Å². The number of carbonyl (C=O) groups excluding carboxylic acids is 2. The number of nitrogens with one attached hydrogen (secondary N) is 2. The summed E-state index contributed by atoms with van der Waals surface area (Å²) in [5.41, 5.74) is 0.0606. The minimum Gasteiger partial charge on any atom is -0.445 e. The van der Waals surface area contributed by atoms with Crippen LogP contribution < -0.4 is 15.5 Å². The fourth-order valence-electron chi connectivity index (χ4n) is 3.71. The number of nitrogens with zero attached hydrogens (tertiary/aromatic N) is 2. The number of hydrogen-bond acceptors (Lipinski definition) is 5. The highest BCUT2D eigenvalue weighted by molar-refractivity contribution is 5.86. The number of alkyl carbamates (subject to hydrolysis) is 1. The Bertz CT molecular complexity index is 944. The number of ether oxygens (including phenoxy) is 1. The van der Waals surface area contributed by atoms with Gasteiger partial charge >= 0.3 is 12.3 Å². The van der Waals surface area contributed by atoms with Crippen molar-refractivity contribution in [3.05, 3.63) is 59.8 Å². The number of halogens is 3. The zero-order valence-corrected chi connectivity index (χ0v) is 19.1. The maximum absolute atomic E-state index is 12.8. The van der Waals surface area contributed by atoms with E-state index in [-0.39, 0.29) is 24.5 Å². The number of carbonyl (C=O) groups is 2. The van der Waals surface area contributed by atoms with Gasteiger partial charge in [-0.15, -0.1) is 0 Å². The Morgan fingerprint density at radius 2 is 1.79 bits per heavy atom. The molecule has 2 amide bonds. The van der Waals surface area contributed by atoms with Gasteiger partial charge in [0.2, 0.25) is 5.91 Å². The Labute approximate surface area is 196 Å². The number of pyridine rings is 1. The van der Waals surface area contributed by atoms with E-state index in [1.165, 1.54) is 6.07 Å². The van der Waals surface area contributed by atoms with Crippen LogP contribution in [-0.4, -0.2) is 42.2 Å². The quantitative estimate of drug-likeness (QED) is 0.625. The minimum atomic E-state index is -4.42. The maximum atomic E-state index is 12.8. The maximum Gasteiger partial charge on any atom is 0.417 e. The Morgan fingerprint density at radius 3 is 2.35 bits per heavy atom. The van der Waals surface area contributed by atoms with Crippen LogP contribution in [0.3, 0.4) is 0 Å². The lowest BCUT2D eigenvalue weighted by Gasteiger charge is -2.34. The van der Waals surface area contributed by atoms with Crippen LogP contribution in [0, 0.1) is 5.92 Å². The van der Waals surface area contributed by atoms with E-state index < -0.39 is 23.9 Å². The van der Waals surface area contributed by atoms with Crippen molar-refractivity contribution in [1.29, 1.82) is 0 Å². The van der Waals surface area contributed by atoms with Crippen LogP contribution in [-0.2, 0) is 22.3 Å². The van der Waals surface area contributed by atoms with E-state index in [1.54, 1.807) is 0 Å². The first-order chi connectivity index (χ1) is 16.1. The van der Waals surface area contributed by atoms with E-state index in [1.807, 2.05) is 49.1 Å². The third kappa shape index (κ3) is 7.10. The van der Waals surface area contributed by atoms with Gasteiger partial charge in [0.1, 0.15) is 18.5 Å². The summed E-state index contributed by atoms with van der Waals surface area (Å²) in [4.78, 5) is 30.9. The van der Waals surface area contributed by atoms with Gasteiger partial charge in [0.15, 0.2) is 0 Å². The third-order valence-electron chi connectivity index (χ3n) is 5.68. The van der Waals surface area contributed by atoms with Gasteiger partial charge in [0.05, 0.1) is 5.56 Å². The first-order valence-corrected chi connectivity index (χ1v) is 11.2. The van der Waals surface area contributed by atoms with E-state index in [0.29, 0.717) is 31.7 Å². The molecule has 1 saturated heterocycles. The van der Waals surface area contributed by atoms with Crippen molar-refractivity contribution in [2.75, 3.05) is 18.0 Å². The molecule has 0 bridgehead atoms. The number of alkyl halides is 3. The highest BCUT2D eigenvalue weighted by Gasteiger charge is 2.32. The summed E-state index contributed by atoms with van der Waals surface area (Å²) >= 11 is 0. The average molecular weight is 479 g/mol. The summed E-state index contributed by atoms with van der Waals surface area (Å²) in [5, 5.41) is 5.62. The summed E-state index contributed by atoms with van der Waals surface area (Å²) < 4.78 is 43.4. The molecule has 1 aliphatic rings. The second-order valence-corrected chi connectivity index (χ2v) is 8.60. The zero-order chi connectivity index (χ0) is 24.7. The fraction of sp³-hybridized carbons (Fsp3) is 0.458. The van der Waals surface area contributed by atoms with E-state index >= 15 is 0 Å². The van der Waals surface area contributed by atoms with Crippen LogP contribution in [0.25, 0.3) is 0 Å². The monoisotopic (exact) mass is 478 g/mol. The molecule has 0 radical (unpaired) electrons. The number of aromatic nitrogens is 1. The molecule has 10 heteroatoms. The molecule has 1 aromatic heterocycles. The summed E-state index contributed by atoms with van der Waals surface area (Å²) in [6, 6.07) is 10.8. The number of piperidine rings is 1. The zero-order valence-electron chi connectivity index (χ0n) is 19.1. The van der Waals surface area contributed by atoms with Crippen LogP contribution in [0.15, 0.2) is 48.7 Å². The number of anilines is 1. The summed E-state index contributed by atoms with van der Waals surface area (Å²) in [7, 11) is 0. The highest BCUT2D eigenvalue weighted by Crippen LogP contribution is 2.29. The molecule has 34 heavy (non-hydrogen) atoms. The lowest BCUT2D eigenvalue weighted by Crippen LogP contribution is -2.54. The molecule has 0 spiro atoms. The molecule has 2 heterocycles. The number of benzene rings is 1. The standard InChI is InChI=1S/C24H29F3N4O3/c1-16(2)21(30-23(33)34-15-17-6-4-3-5-7-17)22(32)29-19-10-12-31(13-11-19)20-9-8-18(14-28-20)24(25,26)27/h3-9,14,16,19,21H,10-13,15H2,1-2H3,(H,29,32)(H,30,33)/t21-/m0/s1. The van der Waals surface area contributed by atoms with Gasteiger partial charge in [-0.05, 0) is 36.5 Å². The summed E-state index contributed by atoms with van der Waals surface area (Å²) in [6.45, 7) is 4.86. The van der Waals surface area contributed by atoms with E-state index in [2.05, 4.69) is 15.6 Å². The molecule has 1 aliphatic heterocycles. The summed E-state index contributed by atoms with van der Waals surface area (Å²) in [6.07, 6.45) is -3.03. The molecule has 2 aromatic rings. The largest absolute Gasteiger partial charge is 0.445 e.